The Morgan fingerprint density at radius 1 is 1.61 bits per heavy atom. The highest BCUT2D eigenvalue weighted by molar-refractivity contribution is 8.13. The Hall–Kier alpha value is -0.750. The molecule has 1 fully saturated rings. The van der Waals surface area contributed by atoms with Gasteiger partial charge in [0.2, 0.25) is 5.91 Å². The lowest BCUT2D eigenvalue weighted by Gasteiger charge is -2.14. The fraction of sp³-hybridized carbons (Fsp3) is 0.833. The number of carbonyl (C=O) groups is 2. The molecule has 1 heterocycles. The van der Waals surface area contributed by atoms with E-state index in [4.69, 9.17) is 5.11 Å². The first kappa shape index (κ1) is 15.3. The summed E-state index contributed by atoms with van der Waals surface area (Å²) < 4.78 is 0. The number of nitrogens with one attached hydrogen (secondary N) is 1. The third-order valence-corrected chi connectivity index (χ3v) is 3.85. The Kier molecular flexibility index (Phi) is 7.12. The van der Waals surface area contributed by atoms with Gasteiger partial charge in [-0.1, -0.05) is 18.7 Å². The topological polar surface area (TPSA) is 69.6 Å². The van der Waals surface area contributed by atoms with E-state index in [1.807, 2.05) is 6.92 Å². The normalized spacial score (nSPS) is 17.0. The summed E-state index contributed by atoms with van der Waals surface area (Å²) >= 11 is 1.32. The van der Waals surface area contributed by atoms with Crippen molar-refractivity contribution in [1.82, 2.24) is 10.2 Å². The number of nitrogens with zero attached hydrogens (tertiary/aromatic N) is 1. The number of carbonyl (C=O) groups excluding carboxylic acids is 2. The van der Waals surface area contributed by atoms with E-state index in [2.05, 4.69) is 5.32 Å². The van der Waals surface area contributed by atoms with Crippen LogP contribution in [0, 0.1) is 5.92 Å². The maximum absolute atomic E-state index is 11.5. The highest BCUT2D eigenvalue weighted by atomic mass is 32.2. The summed E-state index contributed by atoms with van der Waals surface area (Å²) in [6, 6.07) is 0. The highest BCUT2D eigenvalue weighted by Crippen LogP contribution is 2.16. The second-order valence-electron chi connectivity index (χ2n) is 4.63. The molecule has 2 amide bonds. The lowest BCUT2D eigenvalue weighted by molar-refractivity contribution is -0.121. The molecule has 0 aromatic heterocycles. The van der Waals surface area contributed by atoms with Gasteiger partial charge in [-0.05, 0) is 18.8 Å². The van der Waals surface area contributed by atoms with Gasteiger partial charge in [0.1, 0.15) is 0 Å². The Labute approximate surface area is 112 Å². The molecule has 0 bridgehead atoms. The number of hydrogen-bond donors (Lipinski definition) is 2. The van der Waals surface area contributed by atoms with E-state index in [0.717, 1.165) is 25.1 Å². The summed E-state index contributed by atoms with van der Waals surface area (Å²) in [4.78, 5) is 24.5. The first-order valence-electron chi connectivity index (χ1n) is 6.42. The van der Waals surface area contributed by atoms with Crippen LogP contribution in [-0.2, 0) is 4.79 Å². The first-order chi connectivity index (χ1) is 8.63. The molecule has 0 aliphatic carbocycles. The molecule has 0 aromatic carbocycles. The Bertz CT molecular complexity index is 286. The average Bonchev–Trinajstić information content (AvgIpc) is 2.77. The largest absolute Gasteiger partial charge is 0.396 e. The molecule has 1 atom stereocenters. The van der Waals surface area contributed by atoms with Gasteiger partial charge in [0.15, 0.2) is 0 Å². The van der Waals surface area contributed by atoms with Gasteiger partial charge < -0.3 is 15.3 Å². The predicted molar refractivity (Wildman–Crippen MR) is 72.5 cm³/mol. The molecule has 6 heteroatoms. The lowest BCUT2D eigenvalue weighted by atomic mass is 10.1. The Morgan fingerprint density at radius 2 is 2.39 bits per heavy atom. The quantitative estimate of drug-likeness (QED) is 0.650. The fourth-order valence-electron chi connectivity index (χ4n) is 1.72. The van der Waals surface area contributed by atoms with E-state index in [1.54, 1.807) is 4.90 Å². The molecular weight excluding hydrogens is 252 g/mol. The maximum atomic E-state index is 11.5. The van der Waals surface area contributed by atoms with E-state index in [1.165, 1.54) is 11.8 Å². The van der Waals surface area contributed by atoms with Gasteiger partial charge in [-0.3, -0.25) is 9.59 Å². The molecule has 0 saturated carbocycles. The molecular formula is C12H22N2O3S. The molecule has 1 rings (SSSR count). The SMILES string of the molecule is CC(CO)CCCNC(=O)CCN1CCSC1=O. The van der Waals surface area contributed by atoms with Crippen molar-refractivity contribution in [3.8, 4) is 0 Å². The van der Waals surface area contributed by atoms with E-state index >= 15 is 0 Å². The summed E-state index contributed by atoms with van der Waals surface area (Å²) in [6.45, 7) is 4.10. The summed E-state index contributed by atoms with van der Waals surface area (Å²) in [5.41, 5.74) is 0. The number of aliphatic hydroxyl groups is 1. The second kappa shape index (κ2) is 8.37. The van der Waals surface area contributed by atoms with Crippen molar-refractivity contribution in [1.29, 1.82) is 0 Å². The van der Waals surface area contributed by atoms with Crippen LogP contribution in [0.2, 0.25) is 0 Å². The summed E-state index contributed by atoms with van der Waals surface area (Å²) in [5.74, 6) is 1.12. The van der Waals surface area contributed by atoms with Gasteiger partial charge in [-0.25, -0.2) is 0 Å². The smallest absolute Gasteiger partial charge is 0.281 e. The number of thioether (sulfide) groups is 1. The van der Waals surface area contributed by atoms with Crippen LogP contribution < -0.4 is 5.32 Å². The van der Waals surface area contributed by atoms with Crippen LogP contribution in [0.1, 0.15) is 26.2 Å². The molecule has 1 aliphatic heterocycles. The summed E-state index contributed by atoms with van der Waals surface area (Å²) in [5, 5.41) is 11.8. The molecule has 18 heavy (non-hydrogen) atoms. The minimum atomic E-state index is -0.00338. The minimum absolute atomic E-state index is 0.00338. The zero-order valence-corrected chi connectivity index (χ0v) is 11.7. The number of rotatable bonds is 8. The highest BCUT2D eigenvalue weighted by Gasteiger charge is 2.21. The van der Waals surface area contributed by atoms with Crippen molar-refractivity contribution < 1.29 is 14.7 Å². The van der Waals surface area contributed by atoms with Gasteiger partial charge in [0, 0.05) is 38.4 Å². The molecule has 5 nitrogen and oxygen atoms in total. The summed E-state index contributed by atoms with van der Waals surface area (Å²) in [7, 11) is 0. The third-order valence-electron chi connectivity index (χ3n) is 2.96. The Morgan fingerprint density at radius 3 is 3.00 bits per heavy atom. The van der Waals surface area contributed by atoms with Gasteiger partial charge in [-0.2, -0.15) is 0 Å². The number of aliphatic hydroxyl groups excluding tert-OH is 1. The van der Waals surface area contributed by atoms with Crippen molar-refractivity contribution in [3.63, 3.8) is 0 Å². The van der Waals surface area contributed by atoms with Crippen molar-refractivity contribution >= 4 is 22.9 Å². The van der Waals surface area contributed by atoms with Crippen molar-refractivity contribution in [2.75, 3.05) is 32.0 Å². The van der Waals surface area contributed by atoms with E-state index in [9.17, 15) is 9.59 Å². The molecule has 1 saturated heterocycles. The van der Waals surface area contributed by atoms with Crippen LogP contribution in [0.3, 0.4) is 0 Å². The predicted octanol–water partition coefficient (Wildman–Crippen LogP) is 1.07. The molecule has 0 aromatic rings. The van der Waals surface area contributed by atoms with Gasteiger partial charge in [0.25, 0.3) is 5.24 Å². The third kappa shape index (κ3) is 5.73. The van der Waals surface area contributed by atoms with Crippen molar-refractivity contribution in [3.05, 3.63) is 0 Å². The van der Waals surface area contributed by atoms with Crippen LogP contribution in [-0.4, -0.2) is 53.1 Å². The van der Waals surface area contributed by atoms with Crippen molar-refractivity contribution in [2.45, 2.75) is 26.2 Å². The molecule has 0 spiro atoms. The van der Waals surface area contributed by atoms with Crippen LogP contribution in [0.15, 0.2) is 0 Å². The van der Waals surface area contributed by atoms with Crippen LogP contribution in [0.4, 0.5) is 4.79 Å². The van der Waals surface area contributed by atoms with Gasteiger partial charge >= 0.3 is 0 Å². The van der Waals surface area contributed by atoms with Crippen LogP contribution >= 0.6 is 11.8 Å². The minimum Gasteiger partial charge on any atom is -0.396 e. The number of amides is 2. The maximum Gasteiger partial charge on any atom is 0.281 e. The second-order valence-corrected chi connectivity index (χ2v) is 5.68. The standard InChI is InChI=1S/C12H22N2O3S/c1-10(9-15)3-2-5-13-11(16)4-6-14-7-8-18-12(14)17/h10,15H,2-9H2,1H3,(H,13,16). The molecule has 1 unspecified atom stereocenters. The average molecular weight is 274 g/mol. The Balaban J connectivity index is 2.02. The molecule has 2 N–H and O–H groups in total. The zero-order valence-electron chi connectivity index (χ0n) is 10.9. The summed E-state index contributed by atoms with van der Waals surface area (Å²) in [6.07, 6.45) is 2.17. The van der Waals surface area contributed by atoms with Crippen LogP contribution in [0.25, 0.3) is 0 Å². The van der Waals surface area contributed by atoms with Gasteiger partial charge in [-0.15, -0.1) is 0 Å². The molecule has 0 radical (unpaired) electrons. The first-order valence-corrected chi connectivity index (χ1v) is 7.41. The zero-order chi connectivity index (χ0) is 13.4. The van der Waals surface area contributed by atoms with E-state index in [-0.39, 0.29) is 17.8 Å². The molecule has 104 valence electrons. The lowest BCUT2D eigenvalue weighted by Crippen LogP contribution is -2.31. The number of hydrogen-bond acceptors (Lipinski definition) is 4. The van der Waals surface area contributed by atoms with E-state index in [0.29, 0.717) is 25.4 Å². The van der Waals surface area contributed by atoms with Crippen LogP contribution in [0.5, 0.6) is 0 Å². The van der Waals surface area contributed by atoms with Crippen molar-refractivity contribution in [2.24, 2.45) is 5.92 Å². The van der Waals surface area contributed by atoms with Gasteiger partial charge in [0.05, 0.1) is 0 Å². The fourth-order valence-corrected chi connectivity index (χ4v) is 2.57. The molecule has 1 aliphatic rings. The van der Waals surface area contributed by atoms with E-state index < -0.39 is 0 Å². The monoisotopic (exact) mass is 274 g/mol.